The van der Waals surface area contributed by atoms with Crippen LogP contribution in [0.15, 0.2) is 22.7 Å². The maximum Gasteiger partial charge on any atom is 0.123 e. The van der Waals surface area contributed by atoms with Crippen molar-refractivity contribution in [2.24, 2.45) is 5.84 Å². The molecule has 0 bridgehead atoms. The molecule has 7 heteroatoms. The highest BCUT2D eigenvalue weighted by atomic mass is 79.9. The fraction of sp³-hybridized carbons (Fsp3) is 0.357. The van der Waals surface area contributed by atoms with Crippen LogP contribution in [0.4, 0.5) is 10.1 Å². The van der Waals surface area contributed by atoms with Gasteiger partial charge in [0.2, 0.25) is 0 Å². The first-order valence-corrected chi connectivity index (χ1v) is 7.50. The smallest absolute Gasteiger partial charge is 0.123 e. The van der Waals surface area contributed by atoms with Crippen molar-refractivity contribution < 1.29 is 4.39 Å². The minimum Gasteiger partial charge on any atom is -0.398 e. The lowest BCUT2D eigenvalue weighted by atomic mass is 10.0. The molecule has 2 aromatic rings. The molecule has 5 nitrogen and oxygen atoms in total. The molecule has 1 aromatic heterocycles. The molecule has 5 N–H and O–H groups in total. The molecule has 0 amide bonds. The summed E-state index contributed by atoms with van der Waals surface area (Å²) >= 11 is 3.55. The maximum absolute atomic E-state index is 13.5. The average Bonchev–Trinajstić information content (AvgIpc) is 2.74. The number of nitrogens with zero attached hydrogens (tertiary/aromatic N) is 2. The quantitative estimate of drug-likeness (QED) is 0.437. The van der Waals surface area contributed by atoms with E-state index >= 15 is 0 Å². The van der Waals surface area contributed by atoms with E-state index in [1.807, 2.05) is 18.5 Å². The number of hydrogen-bond acceptors (Lipinski definition) is 4. The van der Waals surface area contributed by atoms with E-state index in [1.165, 1.54) is 12.1 Å². The Morgan fingerprint density at radius 1 is 1.48 bits per heavy atom. The van der Waals surface area contributed by atoms with E-state index in [2.05, 4.69) is 26.5 Å². The van der Waals surface area contributed by atoms with E-state index in [9.17, 15) is 4.39 Å². The minimum absolute atomic E-state index is 0.293. The van der Waals surface area contributed by atoms with Gasteiger partial charge in [-0.25, -0.2) is 4.39 Å². The summed E-state index contributed by atoms with van der Waals surface area (Å²) in [6.07, 6.45) is 0.555. The molecule has 0 aliphatic carbocycles. The Morgan fingerprint density at radius 3 is 2.81 bits per heavy atom. The van der Waals surface area contributed by atoms with Crippen molar-refractivity contribution in [1.29, 1.82) is 0 Å². The Hall–Kier alpha value is -1.44. The molecule has 114 valence electrons. The van der Waals surface area contributed by atoms with Gasteiger partial charge in [-0.05, 0) is 53.5 Å². The lowest BCUT2D eigenvalue weighted by molar-refractivity contribution is 0.513. The van der Waals surface area contributed by atoms with Crippen LogP contribution < -0.4 is 17.0 Å². The highest BCUT2D eigenvalue weighted by Gasteiger charge is 2.20. The van der Waals surface area contributed by atoms with Gasteiger partial charge in [0.15, 0.2) is 0 Å². The Kier molecular flexibility index (Phi) is 4.97. The van der Waals surface area contributed by atoms with Crippen LogP contribution in [0.25, 0.3) is 0 Å². The number of benzene rings is 1. The van der Waals surface area contributed by atoms with Gasteiger partial charge < -0.3 is 5.73 Å². The van der Waals surface area contributed by atoms with Crippen molar-refractivity contribution in [3.05, 3.63) is 45.4 Å². The van der Waals surface area contributed by atoms with Crippen molar-refractivity contribution >= 4 is 21.6 Å². The standard InChI is InChI=1S/C14H19BrFN5/c1-3-21-13(14(15)8(2)20-21)7-12(19-18)10-6-9(16)4-5-11(10)17/h4-6,12,19H,3,7,17-18H2,1-2H3. The third-order valence-electron chi connectivity index (χ3n) is 3.48. The molecule has 0 aliphatic rings. The molecule has 2 rings (SSSR count). The first-order chi connectivity index (χ1) is 9.97. The summed E-state index contributed by atoms with van der Waals surface area (Å²) < 4.78 is 16.3. The van der Waals surface area contributed by atoms with E-state index in [1.54, 1.807) is 6.07 Å². The topological polar surface area (TPSA) is 81.9 Å². The molecular formula is C14H19BrFN5. The van der Waals surface area contributed by atoms with Crippen LogP contribution in [0, 0.1) is 12.7 Å². The monoisotopic (exact) mass is 355 g/mol. The number of nitrogen functional groups attached to an aromatic ring is 1. The highest BCUT2D eigenvalue weighted by Crippen LogP contribution is 2.29. The highest BCUT2D eigenvalue weighted by molar-refractivity contribution is 9.10. The molecule has 1 aromatic carbocycles. The fourth-order valence-corrected chi connectivity index (χ4v) is 2.81. The second-order valence-electron chi connectivity index (χ2n) is 4.86. The zero-order valence-corrected chi connectivity index (χ0v) is 13.6. The van der Waals surface area contributed by atoms with E-state index in [0.29, 0.717) is 17.7 Å². The van der Waals surface area contributed by atoms with Gasteiger partial charge in [-0.15, -0.1) is 0 Å². The zero-order chi connectivity index (χ0) is 15.6. The Labute approximate surface area is 131 Å². The molecule has 0 spiro atoms. The Bertz CT molecular complexity index is 641. The average molecular weight is 356 g/mol. The zero-order valence-electron chi connectivity index (χ0n) is 12.0. The van der Waals surface area contributed by atoms with Crippen LogP contribution in [0.1, 0.15) is 29.9 Å². The Balaban J connectivity index is 2.38. The van der Waals surface area contributed by atoms with Crippen molar-refractivity contribution in [3.63, 3.8) is 0 Å². The number of hydrazine groups is 1. The van der Waals surface area contributed by atoms with Gasteiger partial charge in [0.1, 0.15) is 5.82 Å². The van der Waals surface area contributed by atoms with Gasteiger partial charge >= 0.3 is 0 Å². The summed E-state index contributed by atoms with van der Waals surface area (Å²) in [4.78, 5) is 0. The van der Waals surface area contributed by atoms with Crippen LogP contribution in [0.5, 0.6) is 0 Å². The van der Waals surface area contributed by atoms with Crippen molar-refractivity contribution in [2.45, 2.75) is 32.9 Å². The summed E-state index contributed by atoms with van der Waals surface area (Å²) in [5.74, 6) is 5.31. The lowest BCUT2D eigenvalue weighted by Crippen LogP contribution is -2.31. The van der Waals surface area contributed by atoms with E-state index in [-0.39, 0.29) is 11.9 Å². The molecule has 1 heterocycles. The summed E-state index contributed by atoms with van der Waals surface area (Å²) in [6, 6.07) is 4.00. The summed E-state index contributed by atoms with van der Waals surface area (Å²) in [5.41, 5.74) is 11.7. The van der Waals surface area contributed by atoms with Gasteiger partial charge in [-0.3, -0.25) is 16.0 Å². The van der Waals surface area contributed by atoms with E-state index in [0.717, 1.165) is 22.4 Å². The number of aryl methyl sites for hydroxylation is 2. The van der Waals surface area contributed by atoms with Crippen molar-refractivity contribution in [3.8, 4) is 0 Å². The number of rotatable bonds is 5. The number of nitrogens with two attached hydrogens (primary N) is 2. The molecule has 21 heavy (non-hydrogen) atoms. The van der Waals surface area contributed by atoms with Crippen LogP contribution in [-0.4, -0.2) is 9.78 Å². The van der Waals surface area contributed by atoms with Gasteiger partial charge in [0.25, 0.3) is 0 Å². The summed E-state index contributed by atoms with van der Waals surface area (Å²) in [7, 11) is 0. The largest absolute Gasteiger partial charge is 0.398 e. The minimum atomic E-state index is -0.335. The number of hydrogen-bond donors (Lipinski definition) is 3. The maximum atomic E-state index is 13.5. The second-order valence-corrected chi connectivity index (χ2v) is 5.65. The van der Waals surface area contributed by atoms with E-state index < -0.39 is 0 Å². The molecule has 0 fully saturated rings. The number of anilines is 1. The molecule has 0 saturated heterocycles. The molecule has 1 unspecified atom stereocenters. The molecule has 0 aliphatic heterocycles. The van der Waals surface area contributed by atoms with Crippen molar-refractivity contribution in [2.75, 3.05) is 5.73 Å². The van der Waals surface area contributed by atoms with Gasteiger partial charge in [0.05, 0.1) is 21.9 Å². The summed E-state index contributed by atoms with van der Waals surface area (Å²) in [6.45, 7) is 4.70. The van der Waals surface area contributed by atoms with Crippen LogP contribution in [0.2, 0.25) is 0 Å². The molecule has 1 atom stereocenters. The molecule has 0 saturated carbocycles. The van der Waals surface area contributed by atoms with Crippen molar-refractivity contribution in [1.82, 2.24) is 15.2 Å². The molecular weight excluding hydrogens is 337 g/mol. The predicted octanol–water partition coefficient (Wildman–Crippen LogP) is 2.44. The predicted molar refractivity (Wildman–Crippen MR) is 84.9 cm³/mol. The Morgan fingerprint density at radius 2 is 2.19 bits per heavy atom. The van der Waals surface area contributed by atoms with Crippen LogP contribution in [0.3, 0.4) is 0 Å². The third-order valence-corrected chi connectivity index (χ3v) is 4.51. The number of nitrogens with one attached hydrogen (secondary N) is 1. The number of aromatic nitrogens is 2. The fourth-order valence-electron chi connectivity index (χ4n) is 2.36. The SMILES string of the molecule is CCn1nc(C)c(Br)c1CC(NN)c1cc(F)ccc1N. The first kappa shape index (κ1) is 15.9. The van der Waals surface area contributed by atoms with Gasteiger partial charge in [-0.2, -0.15) is 5.10 Å². The number of halogens is 2. The lowest BCUT2D eigenvalue weighted by Gasteiger charge is -2.19. The van der Waals surface area contributed by atoms with Crippen LogP contribution in [-0.2, 0) is 13.0 Å². The normalized spacial score (nSPS) is 12.6. The summed E-state index contributed by atoms with van der Waals surface area (Å²) in [5, 5.41) is 4.45. The first-order valence-electron chi connectivity index (χ1n) is 6.70. The van der Waals surface area contributed by atoms with E-state index in [4.69, 9.17) is 11.6 Å². The second kappa shape index (κ2) is 6.55. The third kappa shape index (κ3) is 3.25. The van der Waals surface area contributed by atoms with Gasteiger partial charge in [0, 0.05) is 18.7 Å². The van der Waals surface area contributed by atoms with Gasteiger partial charge in [-0.1, -0.05) is 0 Å². The van der Waals surface area contributed by atoms with Crippen LogP contribution >= 0.6 is 15.9 Å². The molecule has 0 radical (unpaired) electrons.